The van der Waals surface area contributed by atoms with Crippen molar-refractivity contribution in [2.45, 2.75) is 72.1 Å². The van der Waals surface area contributed by atoms with Crippen LogP contribution in [0.4, 0.5) is 0 Å². The third-order valence-electron chi connectivity index (χ3n) is 5.11. The van der Waals surface area contributed by atoms with E-state index in [1.165, 1.54) is 19.5 Å². The van der Waals surface area contributed by atoms with E-state index < -0.39 is 0 Å². The zero-order valence-electron chi connectivity index (χ0n) is 15.3. The molecule has 0 fully saturated rings. The van der Waals surface area contributed by atoms with E-state index in [1.54, 1.807) is 0 Å². The van der Waals surface area contributed by atoms with Gasteiger partial charge in [0.25, 0.3) is 0 Å². The Hall–Kier alpha value is -0.600. The zero-order chi connectivity index (χ0) is 16.7. The summed E-state index contributed by atoms with van der Waals surface area (Å²) in [6.07, 6.45) is 0. The summed E-state index contributed by atoms with van der Waals surface area (Å²) < 4.78 is 0. The Balaban J connectivity index is 2.36. The molecule has 0 aromatic carbocycles. The van der Waals surface area contributed by atoms with Crippen LogP contribution in [0.3, 0.4) is 0 Å². The molecular formula is C20H30S2. The normalized spacial score (nSPS) is 13.4. The van der Waals surface area contributed by atoms with Gasteiger partial charge in [-0.2, -0.15) is 0 Å². The summed E-state index contributed by atoms with van der Waals surface area (Å²) in [5.41, 5.74) is 0.353. The lowest BCUT2D eigenvalue weighted by molar-refractivity contribution is 0.379. The molecule has 0 bridgehead atoms. The van der Waals surface area contributed by atoms with Crippen LogP contribution in [0.1, 0.15) is 80.8 Å². The molecule has 0 nitrogen and oxygen atoms in total. The van der Waals surface area contributed by atoms with Crippen LogP contribution in [0.15, 0.2) is 24.3 Å². The maximum Gasteiger partial charge on any atom is 0.0334 e. The van der Waals surface area contributed by atoms with E-state index in [4.69, 9.17) is 0 Å². The first kappa shape index (κ1) is 17.7. The molecular weight excluding hydrogens is 304 g/mol. The van der Waals surface area contributed by atoms with Crippen molar-refractivity contribution in [3.8, 4) is 0 Å². The maximum atomic E-state index is 2.36. The number of thiophene rings is 2. The number of hydrogen-bond donors (Lipinski definition) is 0. The van der Waals surface area contributed by atoms with Crippen molar-refractivity contribution in [3.05, 3.63) is 43.8 Å². The van der Waals surface area contributed by atoms with Crippen molar-refractivity contribution in [1.29, 1.82) is 0 Å². The number of hydrogen-bond acceptors (Lipinski definition) is 2. The Labute approximate surface area is 144 Å². The molecule has 0 radical (unpaired) electrons. The molecule has 2 aromatic heterocycles. The molecule has 2 heterocycles. The quantitative estimate of drug-likeness (QED) is 0.542. The third-order valence-corrected chi connectivity index (χ3v) is 8.57. The van der Waals surface area contributed by atoms with Crippen molar-refractivity contribution >= 4 is 22.7 Å². The van der Waals surface area contributed by atoms with Crippen molar-refractivity contribution < 1.29 is 0 Å². The molecule has 2 aromatic rings. The van der Waals surface area contributed by atoms with Crippen LogP contribution in [0.25, 0.3) is 0 Å². The van der Waals surface area contributed by atoms with E-state index in [1.807, 2.05) is 22.7 Å². The lowest BCUT2D eigenvalue weighted by Crippen LogP contribution is -2.23. The average Bonchev–Trinajstić information content (AvgIpc) is 3.08. The highest BCUT2D eigenvalue weighted by Gasteiger charge is 2.31. The lowest BCUT2D eigenvalue weighted by atomic mass is 9.80. The van der Waals surface area contributed by atoms with Crippen LogP contribution in [0, 0.1) is 5.92 Å². The van der Waals surface area contributed by atoms with Crippen LogP contribution in [0.5, 0.6) is 0 Å². The highest BCUT2D eigenvalue weighted by Crippen LogP contribution is 2.44. The molecule has 0 amide bonds. The Kier molecular flexibility index (Phi) is 4.94. The first-order valence-corrected chi connectivity index (χ1v) is 9.91. The fourth-order valence-electron chi connectivity index (χ4n) is 2.43. The van der Waals surface area contributed by atoms with Crippen LogP contribution in [-0.2, 0) is 10.8 Å². The minimum absolute atomic E-state index is 0.105. The molecule has 0 atom stereocenters. The second kappa shape index (κ2) is 6.13. The SMILES string of the molecule is CC(C)c1ccc(C(C)(C)c2ccc(C(C)(C)C(C)C)s2)s1. The first-order valence-electron chi connectivity index (χ1n) is 8.27. The van der Waals surface area contributed by atoms with Gasteiger partial charge in [-0.15, -0.1) is 22.7 Å². The molecule has 122 valence electrons. The Morgan fingerprint density at radius 2 is 1.23 bits per heavy atom. The molecule has 0 aliphatic heterocycles. The van der Waals surface area contributed by atoms with Crippen LogP contribution in [0.2, 0.25) is 0 Å². The van der Waals surface area contributed by atoms with Crippen molar-refractivity contribution in [3.63, 3.8) is 0 Å². The Bertz CT molecular complexity index is 624. The predicted molar refractivity (Wildman–Crippen MR) is 103 cm³/mol. The van der Waals surface area contributed by atoms with E-state index in [9.17, 15) is 0 Å². The molecule has 2 rings (SSSR count). The maximum absolute atomic E-state index is 2.36. The van der Waals surface area contributed by atoms with Gasteiger partial charge >= 0.3 is 0 Å². The smallest absolute Gasteiger partial charge is 0.0334 e. The molecule has 0 unspecified atom stereocenters. The minimum atomic E-state index is 0.105. The van der Waals surface area contributed by atoms with Crippen LogP contribution in [-0.4, -0.2) is 0 Å². The first-order chi connectivity index (χ1) is 10.1. The largest absolute Gasteiger partial charge is 0.144 e. The Morgan fingerprint density at radius 3 is 1.73 bits per heavy atom. The fourth-order valence-corrected chi connectivity index (χ4v) is 4.99. The van der Waals surface area contributed by atoms with Gasteiger partial charge in [-0.1, -0.05) is 55.4 Å². The third kappa shape index (κ3) is 3.19. The van der Waals surface area contributed by atoms with Crippen molar-refractivity contribution in [2.75, 3.05) is 0 Å². The summed E-state index contributed by atoms with van der Waals surface area (Å²) in [5, 5.41) is 0. The van der Waals surface area contributed by atoms with Crippen LogP contribution >= 0.6 is 22.7 Å². The van der Waals surface area contributed by atoms with Gasteiger partial charge in [-0.25, -0.2) is 0 Å². The summed E-state index contributed by atoms with van der Waals surface area (Å²) in [6.45, 7) is 18.6. The molecule has 0 saturated heterocycles. The molecule has 22 heavy (non-hydrogen) atoms. The van der Waals surface area contributed by atoms with Gasteiger partial charge in [0, 0.05) is 30.3 Å². The molecule has 2 heteroatoms. The fraction of sp³-hybridized carbons (Fsp3) is 0.600. The van der Waals surface area contributed by atoms with E-state index >= 15 is 0 Å². The summed E-state index contributed by atoms with van der Waals surface area (Å²) in [6, 6.07) is 9.32. The summed E-state index contributed by atoms with van der Waals surface area (Å²) in [4.78, 5) is 5.95. The van der Waals surface area contributed by atoms with Gasteiger partial charge in [0.05, 0.1) is 0 Å². The second-order valence-corrected chi connectivity index (χ2v) is 10.2. The van der Waals surface area contributed by atoms with Crippen molar-refractivity contribution in [2.24, 2.45) is 5.92 Å². The summed E-state index contributed by atoms with van der Waals surface area (Å²) in [7, 11) is 0. The molecule has 0 aliphatic rings. The molecule has 0 spiro atoms. The van der Waals surface area contributed by atoms with E-state index in [2.05, 4.69) is 79.7 Å². The highest BCUT2D eigenvalue weighted by molar-refractivity contribution is 7.14. The minimum Gasteiger partial charge on any atom is -0.144 e. The monoisotopic (exact) mass is 334 g/mol. The van der Waals surface area contributed by atoms with Crippen LogP contribution < -0.4 is 0 Å². The van der Waals surface area contributed by atoms with Gasteiger partial charge in [0.1, 0.15) is 0 Å². The Morgan fingerprint density at radius 1 is 0.727 bits per heavy atom. The van der Waals surface area contributed by atoms with Crippen molar-refractivity contribution in [1.82, 2.24) is 0 Å². The van der Waals surface area contributed by atoms with Gasteiger partial charge in [0.2, 0.25) is 0 Å². The second-order valence-electron chi connectivity index (χ2n) is 8.02. The zero-order valence-corrected chi connectivity index (χ0v) is 16.9. The van der Waals surface area contributed by atoms with E-state index in [-0.39, 0.29) is 10.8 Å². The van der Waals surface area contributed by atoms with Gasteiger partial charge in [0.15, 0.2) is 0 Å². The topological polar surface area (TPSA) is 0 Å². The molecule has 0 saturated carbocycles. The number of rotatable bonds is 5. The standard InChI is InChI=1S/C20H30S2/c1-13(2)15-9-10-17(21-15)20(7,8)18-12-11-16(22-18)19(5,6)14(3)4/h9-14H,1-8H3. The highest BCUT2D eigenvalue weighted by atomic mass is 32.1. The average molecular weight is 335 g/mol. The predicted octanol–water partition coefficient (Wildman–Crippen LogP) is 7.19. The van der Waals surface area contributed by atoms with E-state index in [0.717, 1.165) is 0 Å². The lowest BCUT2D eigenvalue weighted by Gasteiger charge is -2.28. The van der Waals surface area contributed by atoms with Gasteiger partial charge < -0.3 is 0 Å². The van der Waals surface area contributed by atoms with Gasteiger partial charge in [-0.3, -0.25) is 0 Å². The molecule has 0 aliphatic carbocycles. The van der Waals surface area contributed by atoms with E-state index in [0.29, 0.717) is 11.8 Å². The molecule has 0 N–H and O–H groups in total. The summed E-state index contributed by atoms with van der Waals surface area (Å²) in [5.74, 6) is 1.27. The summed E-state index contributed by atoms with van der Waals surface area (Å²) >= 11 is 3.97. The van der Waals surface area contributed by atoms with Gasteiger partial charge in [-0.05, 0) is 36.1 Å².